The third-order valence-corrected chi connectivity index (χ3v) is 5.45. The highest BCUT2D eigenvalue weighted by Gasteiger charge is 2.05. The number of non-ortho nitro benzene ring substituents is 1. The van der Waals surface area contributed by atoms with Gasteiger partial charge in [0.05, 0.1) is 12.0 Å². The van der Waals surface area contributed by atoms with Crippen molar-refractivity contribution < 1.29 is 14.5 Å². The largest absolute Gasteiger partial charge is 0.469 e. The van der Waals surface area contributed by atoms with Crippen LogP contribution in [0.5, 0.6) is 0 Å². The molecular weight excluding hydrogens is 366 g/mol. The van der Waals surface area contributed by atoms with Crippen molar-refractivity contribution in [1.29, 1.82) is 0 Å². The van der Waals surface area contributed by atoms with Crippen molar-refractivity contribution in [2.45, 2.75) is 103 Å². The van der Waals surface area contributed by atoms with Gasteiger partial charge < -0.3 is 4.74 Å². The molecule has 5 heteroatoms. The number of ether oxygens (including phenoxy) is 1. The fraction of sp³-hybridized carbons (Fsp3) is 0.708. The van der Waals surface area contributed by atoms with Crippen LogP contribution in [-0.2, 0) is 16.0 Å². The number of methoxy groups -OCH3 is 1. The molecule has 0 radical (unpaired) electrons. The zero-order chi connectivity index (χ0) is 21.2. The number of nitro benzene ring substituents is 1. The first-order chi connectivity index (χ1) is 14.1. The predicted molar refractivity (Wildman–Crippen MR) is 118 cm³/mol. The maximum absolute atomic E-state index is 11.0. The second-order valence-corrected chi connectivity index (χ2v) is 7.95. The number of unbranched alkanes of at least 4 members (excludes halogenated alkanes) is 13. The smallest absolute Gasteiger partial charge is 0.305 e. The van der Waals surface area contributed by atoms with Crippen LogP contribution in [0.2, 0.25) is 0 Å². The molecule has 0 saturated carbocycles. The molecule has 0 aliphatic rings. The minimum atomic E-state index is -0.322. The van der Waals surface area contributed by atoms with Crippen LogP contribution in [0.25, 0.3) is 0 Å². The molecule has 0 heterocycles. The van der Waals surface area contributed by atoms with Gasteiger partial charge in [-0.2, -0.15) is 0 Å². The number of carbonyl (C=O) groups excluding carboxylic acids is 1. The lowest BCUT2D eigenvalue weighted by atomic mass is 10.0. The quantitative estimate of drug-likeness (QED) is 0.112. The summed E-state index contributed by atoms with van der Waals surface area (Å²) >= 11 is 0. The molecule has 164 valence electrons. The maximum atomic E-state index is 11.0. The molecule has 0 aliphatic heterocycles. The lowest BCUT2D eigenvalue weighted by Gasteiger charge is -2.04. The van der Waals surface area contributed by atoms with E-state index in [9.17, 15) is 14.9 Å². The molecule has 0 amide bonds. The van der Waals surface area contributed by atoms with Crippen LogP contribution in [0.1, 0.15) is 102 Å². The summed E-state index contributed by atoms with van der Waals surface area (Å²) in [7, 11) is 1.45. The van der Waals surface area contributed by atoms with Crippen molar-refractivity contribution >= 4 is 11.7 Å². The van der Waals surface area contributed by atoms with E-state index in [2.05, 4.69) is 4.74 Å². The molecule has 0 N–H and O–H groups in total. The first-order valence-corrected chi connectivity index (χ1v) is 11.4. The second-order valence-electron chi connectivity index (χ2n) is 7.95. The Morgan fingerprint density at radius 2 is 1.31 bits per heavy atom. The Hall–Kier alpha value is -1.91. The summed E-state index contributed by atoms with van der Waals surface area (Å²) in [6.07, 6.45) is 19.0. The molecule has 0 atom stereocenters. The SMILES string of the molecule is COC(=O)CCCCCCCCCCCCCCCCc1cccc([N+](=O)[O-])c1. The van der Waals surface area contributed by atoms with Crippen molar-refractivity contribution in [2.75, 3.05) is 7.11 Å². The Labute approximate surface area is 176 Å². The summed E-state index contributed by atoms with van der Waals surface area (Å²) in [4.78, 5) is 21.5. The highest BCUT2D eigenvalue weighted by Crippen LogP contribution is 2.17. The number of carbonyl (C=O) groups is 1. The van der Waals surface area contributed by atoms with Crippen molar-refractivity contribution in [2.24, 2.45) is 0 Å². The molecule has 0 spiro atoms. The molecule has 1 aromatic rings. The Morgan fingerprint density at radius 1 is 0.828 bits per heavy atom. The van der Waals surface area contributed by atoms with Crippen LogP contribution in [0.4, 0.5) is 5.69 Å². The van der Waals surface area contributed by atoms with E-state index in [4.69, 9.17) is 0 Å². The molecule has 1 aromatic carbocycles. The number of esters is 1. The molecule has 0 saturated heterocycles. The van der Waals surface area contributed by atoms with Gasteiger partial charge in [-0.1, -0.05) is 89.2 Å². The molecule has 0 unspecified atom stereocenters. The summed E-state index contributed by atoms with van der Waals surface area (Å²) in [6, 6.07) is 7.01. The average molecular weight is 406 g/mol. The summed E-state index contributed by atoms with van der Waals surface area (Å²) in [5.74, 6) is -0.0903. The van der Waals surface area contributed by atoms with Crippen LogP contribution < -0.4 is 0 Å². The van der Waals surface area contributed by atoms with Crippen molar-refractivity contribution in [3.8, 4) is 0 Å². The molecule has 5 nitrogen and oxygen atoms in total. The van der Waals surface area contributed by atoms with Crippen molar-refractivity contribution in [3.05, 3.63) is 39.9 Å². The van der Waals surface area contributed by atoms with Gasteiger partial charge in [-0.05, 0) is 24.8 Å². The van der Waals surface area contributed by atoms with E-state index in [1.165, 1.54) is 77.7 Å². The highest BCUT2D eigenvalue weighted by atomic mass is 16.6. The minimum Gasteiger partial charge on any atom is -0.469 e. The number of benzene rings is 1. The lowest BCUT2D eigenvalue weighted by Crippen LogP contribution is -1.99. The van der Waals surface area contributed by atoms with E-state index in [1.807, 2.05) is 6.07 Å². The first-order valence-electron chi connectivity index (χ1n) is 11.4. The first kappa shape index (κ1) is 25.1. The van der Waals surface area contributed by atoms with Gasteiger partial charge in [0.2, 0.25) is 0 Å². The van der Waals surface area contributed by atoms with E-state index in [0.29, 0.717) is 6.42 Å². The number of nitrogens with zero attached hydrogens (tertiary/aromatic N) is 1. The van der Waals surface area contributed by atoms with E-state index >= 15 is 0 Å². The molecule has 0 bridgehead atoms. The van der Waals surface area contributed by atoms with Gasteiger partial charge >= 0.3 is 5.97 Å². The zero-order valence-electron chi connectivity index (χ0n) is 18.2. The third kappa shape index (κ3) is 13.8. The van der Waals surface area contributed by atoms with Gasteiger partial charge in [-0.3, -0.25) is 14.9 Å². The second kappa shape index (κ2) is 17.0. The Balaban J connectivity index is 1.82. The molecule has 1 rings (SSSR count). The monoisotopic (exact) mass is 405 g/mol. The fourth-order valence-electron chi connectivity index (χ4n) is 3.65. The predicted octanol–water partition coefficient (Wildman–Crippen LogP) is 7.16. The van der Waals surface area contributed by atoms with E-state index < -0.39 is 0 Å². The van der Waals surface area contributed by atoms with Crippen LogP contribution >= 0.6 is 0 Å². The Kier molecular flexibility index (Phi) is 14.7. The Bertz CT molecular complexity index is 574. The van der Waals surface area contributed by atoms with E-state index in [-0.39, 0.29) is 16.6 Å². The minimum absolute atomic E-state index is 0.0903. The van der Waals surface area contributed by atoms with Crippen LogP contribution in [0, 0.1) is 10.1 Å². The molecule has 0 aromatic heterocycles. The summed E-state index contributed by atoms with van der Waals surface area (Å²) in [5, 5.41) is 10.8. The summed E-state index contributed by atoms with van der Waals surface area (Å²) < 4.78 is 4.64. The number of hydrogen-bond donors (Lipinski definition) is 0. The van der Waals surface area contributed by atoms with Gasteiger partial charge in [0.1, 0.15) is 0 Å². The van der Waals surface area contributed by atoms with Gasteiger partial charge in [0.25, 0.3) is 5.69 Å². The van der Waals surface area contributed by atoms with Gasteiger partial charge in [0.15, 0.2) is 0 Å². The van der Waals surface area contributed by atoms with E-state index in [1.54, 1.807) is 18.2 Å². The van der Waals surface area contributed by atoms with E-state index in [0.717, 1.165) is 31.2 Å². The topological polar surface area (TPSA) is 69.4 Å². The number of aryl methyl sites for hydroxylation is 1. The van der Waals surface area contributed by atoms with Crippen molar-refractivity contribution in [3.63, 3.8) is 0 Å². The van der Waals surface area contributed by atoms with Gasteiger partial charge in [-0.25, -0.2) is 0 Å². The number of nitro groups is 1. The van der Waals surface area contributed by atoms with Gasteiger partial charge in [-0.15, -0.1) is 0 Å². The number of rotatable bonds is 18. The maximum Gasteiger partial charge on any atom is 0.305 e. The van der Waals surface area contributed by atoms with Crippen LogP contribution in [0.15, 0.2) is 24.3 Å². The normalized spacial score (nSPS) is 10.8. The average Bonchev–Trinajstić information content (AvgIpc) is 2.73. The number of hydrogen-bond acceptors (Lipinski definition) is 4. The third-order valence-electron chi connectivity index (χ3n) is 5.45. The Morgan fingerprint density at radius 3 is 1.79 bits per heavy atom. The summed E-state index contributed by atoms with van der Waals surface area (Å²) in [6.45, 7) is 0. The molecular formula is C24H39NO4. The van der Waals surface area contributed by atoms with Crippen molar-refractivity contribution in [1.82, 2.24) is 0 Å². The van der Waals surface area contributed by atoms with Crippen LogP contribution in [0.3, 0.4) is 0 Å². The standard InChI is InChI=1S/C24H39NO4/c1-29-24(26)20-15-13-11-9-7-5-3-2-4-6-8-10-12-14-17-22-18-16-19-23(21-22)25(27)28/h16,18-19,21H,2-15,17,20H2,1H3. The van der Waals surface area contributed by atoms with Crippen LogP contribution in [-0.4, -0.2) is 18.0 Å². The molecule has 0 aliphatic carbocycles. The fourth-order valence-corrected chi connectivity index (χ4v) is 3.65. The molecule has 29 heavy (non-hydrogen) atoms. The lowest BCUT2D eigenvalue weighted by molar-refractivity contribution is -0.384. The molecule has 0 fully saturated rings. The zero-order valence-corrected chi connectivity index (χ0v) is 18.2. The highest BCUT2D eigenvalue weighted by molar-refractivity contribution is 5.68. The van der Waals surface area contributed by atoms with Gasteiger partial charge in [0, 0.05) is 18.6 Å². The summed E-state index contributed by atoms with van der Waals surface area (Å²) in [5.41, 5.74) is 1.27.